The van der Waals surface area contributed by atoms with Crippen molar-refractivity contribution in [3.8, 4) is 5.69 Å². The molecule has 0 radical (unpaired) electrons. The van der Waals surface area contributed by atoms with Gasteiger partial charge in [-0.2, -0.15) is 5.10 Å². The molecule has 0 N–H and O–H groups in total. The first-order valence-corrected chi connectivity index (χ1v) is 6.30. The zero-order valence-electron chi connectivity index (χ0n) is 10.1. The Labute approximate surface area is 110 Å². The summed E-state index contributed by atoms with van der Waals surface area (Å²) in [5, 5.41) is 12.8. The first-order chi connectivity index (χ1) is 8.79. The summed E-state index contributed by atoms with van der Waals surface area (Å²) in [6, 6.07) is 0. The molecule has 2 aromatic heterocycles. The van der Waals surface area contributed by atoms with Crippen molar-refractivity contribution in [2.24, 2.45) is 0 Å². The smallest absolute Gasteiger partial charge is 0.229 e. The van der Waals surface area contributed by atoms with E-state index < -0.39 is 0 Å². The molecule has 2 aromatic rings. The molecule has 0 atom stereocenters. The number of hydrogen-bond acceptors (Lipinski definition) is 4. The summed E-state index contributed by atoms with van der Waals surface area (Å²) in [6.07, 6.45) is 6.02. The monoisotopic (exact) mass is 267 g/mol. The van der Waals surface area contributed by atoms with Crippen molar-refractivity contribution in [3.05, 3.63) is 23.5 Å². The van der Waals surface area contributed by atoms with Crippen molar-refractivity contribution in [1.29, 1.82) is 0 Å². The van der Waals surface area contributed by atoms with Crippen molar-refractivity contribution in [1.82, 2.24) is 24.5 Å². The van der Waals surface area contributed by atoms with Crippen LogP contribution in [-0.2, 0) is 11.3 Å². The number of rotatable bonds is 5. The first-order valence-electron chi connectivity index (χ1n) is 5.92. The standard InChI is InChI=1S/C11H14ClN5O/c1-18-5-4-16-7-9(6-13-16)17-10(8-2-3-8)14-15-11(17)12/h6-8H,2-5H2,1H3. The Bertz CT molecular complexity index is 545. The molecule has 0 amide bonds. The van der Waals surface area contributed by atoms with Crippen LogP contribution in [0.1, 0.15) is 24.6 Å². The lowest BCUT2D eigenvalue weighted by Crippen LogP contribution is -2.04. The van der Waals surface area contributed by atoms with Gasteiger partial charge in [0.25, 0.3) is 0 Å². The van der Waals surface area contributed by atoms with Crippen LogP contribution in [0, 0.1) is 0 Å². The zero-order chi connectivity index (χ0) is 12.5. The van der Waals surface area contributed by atoms with Crippen molar-refractivity contribution in [3.63, 3.8) is 0 Å². The predicted molar refractivity (Wildman–Crippen MR) is 66.0 cm³/mol. The second kappa shape index (κ2) is 4.70. The lowest BCUT2D eigenvalue weighted by molar-refractivity contribution is 0.183. The molecule has 0 spiro atoms. The molecule has 0 bridgehead atoms. The lowest BCUT2D eigenvalue weighted by Gasteiger charge is -2.03. The van der Waals surface area contributed by atoms with E-state index in [0.717, 1.165) is 30.9 Å². The normalized spacial score (nSPS) is 15.2. The molecular formula is C11H14ClN5O. The third kappa shape index (κ3) is 2.13. The molecule has 96 valence electrons. The highest BCUT2D eigenvalue weighted by molar-refractivity contribution is 6.28. The van der Waals surface area contributed by atoms with Gasteiger partial charge in [-0.15, -0.1) is 10.2 Å². The Balaban J connectivity index is 1.89. The van der Waals surface area contributed by atoms with Crippen molar-refractivity contribution in [2.75, 3.05) is 13.7 Å². The third-order valence-corrected chi connectivity index (χ3v) is 3.24. The predicted octanol–water partition coefficient (Wildman–Crippen LogP) is 1.64. The fourth-order valence-corrected chi connectivity index (χ4v) is 2.12. The van der Waals surface area contributed by atoms with Gasteiger partial charge in [0.1, 0.15) is 5.82 Å². The molecule has 6 nitrogen and oxygen atoms in total. The zero-order valence-corrected chi connectivity index (χ0v) is 10.8. The van der Waals surface area contributed by atoms with Gasteiger partial charge in [-0.1, -0.05) is 0 Å². The van der Waals surface area contributed by atoms with Crippen LogP contribution in [0.3, 0.4) is 0 Å². The van der Waals surface area contributed by atoms with E-state index >= 15 is 0 Å². The molecule has 2 heterocycles. The SMILES string of the molecule is COCCn1cc(-n2c(Cl)nnc2C2CC2)cn1. The van der Waals surface area contributed by atoms with Gasteiger partial charge in [0, 0.05) is 19.2 Å². The number of halogens is 1. The van der Waals surface area contributed by atoms with Gasteiger partial charge >= 0.3 is 0 Å². The summed E-state index contributed by atoms with van der Waals surface area (Å²) < 4.78 is 8.72. The molecule has 7 heteroatoms. The van der Waals surface area contributed by atoms with Crippen LogP contribution < -0.4 is 0 Å². The Hall–Kier alpha value is -1.40. The highest BCUT2D eigenvalue weighted by atomic mass is 35.5. The van der Waals surface area contributed by atoms with Gasteiger partial charge < -0.3 is 4.74 Å². The van der Waals surface area contributed by atoms with Gasteiger partial charge in [0.2, 0.25) is 5.28 Å². The van der Waals surface area contributed by atoms with E-state index in [9.17, 15) is 0 Å². The minimum atomic E-state index is 0.392. The molecule has 1 saturated carbocycles. The summed E-state index contributed by atoms with van der Waals surface area (Å²) >= 11 is 6.09. The quantitative estimate of drug-likeness (QED) is 0.826. The summed E-state index contributed by atoms with van der Waals surface area (Å²) in [7, 11) is 1.67. The summed E-state index contributed by atoms with van der Waals surface area (Å²) in [5.41, 5.74) is 0.906. The largest absolute Gasteiger partial charge is 0.383 e. The average Bonchev–Trinajstić information content (AvgIpc) is 2.99. The van der Waals surface area contributed by atoms with E-state index in [1.54, 1.807) is 13.3 Å². The Kier molecular flexibility index (Phi) is 3.05. The van der Waals surface area contributed by atoms with E-state index in [2.05, 4.69) is 15.3 Å². The van der Waals surface area contributed by atoms with Gasteiger partial charge in [-0.3, -0.25) is 9.25 Å². The minimum Gasteiger partial charge on any atom is -0.383 e. The van der Waals surface area contributed by atoms with Crippen LogP contribution in [0.5, 0.6) is 0 Å². The van der Waals surface area contributed by atoms with Gasteiger partial charge in [-0.25, -0.2) is 0 Å². The molecule has 0 aromatic carbocycles. The Morgan fingerprint density at radius 2 is 2.28 bits per heavy atom. The van der Waals surface area contributed by atoms with Crippen LogP contribution in [0.15, 0.2) is 12.4 Å². The number of aromatic nitrogens is 5. The lowest BCUT2D eigenvalue weighted by atomic mass is 10.4. The number of methoxy groups -OCH3 is 1. The van der Waals surface area contributed by atoms with Gasteiger partial charge in [0.05, 0.1) is 25.0 Å². The maximum atomic E-state index is 6.09. The fraction of sp³-hybridized carbons (Fsp3) is 0.545. The average molecular weight is 268 g/mol. The van der Waals surface area contributed by atoms with E-state index in [4.69, 9.17) is 16.3 Å². The molecule has 1 aliphatic carbocycles. The van der Waals surface area contributed by atoms with Crippen LogP contribution in [-0.4, -0.2) is 38.3 Å². The number of nitrogens with zero attached hydrogens (tertiary/aromatic N) is 5. The molecule has 0 saturated heterocycles. The highest BCUT2D eigenvalue weighted by Gasteiger charge is 2.30. The van der Waals surface area contributed by atoms with Crippen molar-refractivity contribution in [2.45, 2.75) is 25.3 Å². The van der Waals surface area contributed by atoms with Crippen LogP contribution >= 0.6 is 11.6 Å². The molecule has 18 heavy (non-hydrogen) atoms. The number of hydrogen-bond donors (Lipinski definition) is 0. The van der Waals surface area contributed by atoms with E-state index in [1.165, 1.54) is 0 Å². The van der Waals surface area contributed by atoms with Crippen LogP contribution in [0.4, 0.5) is 0 Å². The van der Waals surface area contributed by atoms with Gasteiger partial charge in [-0.05, 0) is 24.4 Å². The van der Waals surface area contributed by atoms with E-state index in [-0.39, 0.29) is 0 Å². The molecule has 1 aliphatic rings. The highest BCUT2D eigenvalue weighted by Crippen LogP contribution is 2.40. The molecule has 0 unspecified atom stereocenters. The van der Waals surface area contributed by atoms with E-state index in [1.807, 2.05) is 15.4 Å². The summed E-state index contributed by atoms with van der Waals surface area (Å²) in [4.78, 5) is 0. The molecule has 0 aliphatic heterocycles. The maximum Gasteiger partial charge on any atom is 0.229 e. The first kappa shape index (κ1) is 11.7. The second-order valence-electron chi connectivity index (χ2n) is 4.39. The number of ether oxygens (including phenoxy) is 1. The van der Waals surface area contributed by atoms with E-state index in [0.29, 0.717) is 17.8 Å². The summed E-state index contributed by atoms with van der Waals surface area (Å²) in [6.45, 7) is 1.35. The van der Waals surface area contributed by atoms with Crippen LogP contribution in [0.2, 0.25) is 5.28 Å². The topological polar surface area (TPSA) is 57.8 Å². The summed E-state index contributed by atoms with van der Waals surface area (Å²) in [5.74, 6) is 1.43. The van der Waals surface area contributed by atoms with Crippen LogP contribution in [0.25, 0.3) is 5.69 Å². The maximum absolute atomic E-state index is 6.09. The fourth-order valence-electron chi connectivity index (χ4n) is 1.90. The third-order valence-electron chi connectivity index (χ3n) is 2.99. The molecule has 1 fully saturated rings. The Morgan fingerprint density at radius 1 is 1.44 bits per heavy atom. The van der Waals surface area contributed by atoms with Crippen molar-refractivity contribution >= 4 is 11.6 Å². The Morgan fingerprint density at radius 3 is 3.00 bits per heavy atom. The molecular weight excluding hydrogens is 254 g/mol. The van der Waals surface area contributed by atoms with Gasteiger partial charge in [0.15, 0.2) is 0 Å². The second-order valence-corrected chi connectivity index (χ2v) is 4.73. The van der Waals surface area contributed by atoms with Crippen molar-refractivity contribution < 1.29 is 4.74 Å². The molecule has 3 rings (SSSR count). The minimum absolute atomic E-state index is 0.392.